The predicted molar refractivity (Wildman–Crippen MR) is 123 cm³/mol. The fourth-order valence-electron chi connectivity index (χ4n) is 3.09. The molecule has 162 valence electrons. The van der Waals surface area contributed by atoms with Crippen molar-refractivity contribution in [2.24, 2.45) is 0 Å². The molecule has 0 aliphatic heterocycles. The van der Waals surface area contributed by atoms with E-state index in [1.54, 1.807) is 5.38 Å². The first-order valence-corrected chi connectivity index (χ1v) is 10.9. The highest BCUT2D eigenvalue weighted by Crippen LogP contribution is 2.17. The van der Waals surface area contributed by atoms with E-state index in [-0.39, 0.29) is 24.4 Å². The second kappa shape index (κ2) is 11.2. The van der Waals surface area contributed by atoms with Gasteiger partial charge in [0.25, 0.3) is 0 Å². The number of carbonyl (C=O) groups excluding carboxylic acids is 2. The molecule has 0 saturated carbocycles. The molecule has 0 unspecified atom stereocenters. The van der Waals surface area contributed by atoms with Gasteiger partial charge in [0.2, 0.25) is 5.91 Å². The minimum absolute atomic E-state index is 0.128. The number of anilines is 2. The summed E-state index contributed by atoms with van der Waals surface area (Å²) < 4.78 is 5.43. The van der Waals surface area contributed by atoms with Crippen LogP contribution in [0.4, 0.5) is 10.8 Å². The summed E-state index contributed by atoms with van der Waals surface area (Å²) in [6.07, 6.45) is 0.697. The number of hydrogen-bond acceptors (Lipinski definition) is 7. The predicted octanol–water partition coefficient (Wildman–Crippen LogP) is 3.34. The number of benzene rings is 2. The third-order valence-corrected chi connectivity index (χ3v) is 5.27. The van der Waals surface area contributed by atoms with Gasteiger partial charge in [0.15, 0.2) is 5.13 Å². The molecule has 0 aliphatic carbocycles. The molecule has 7 nitrogen and oxygen atoms in total. The van der Waals surface area contributed by atoms with Crippen LogP contribution in [-0.2, 0) is 27.2 Å². The SMILES string of the molecule is CC(=O)O[C@@H](CNCCc1ccc(NC(=O)Cc2csc(N)n2)cc1)c1ccccc1. The number of amides is 1. The summed E-state index contributed by atoms with van der Waals surface area (Å²) in [5, 5.41) is 8.47. The molecule has 3 aromatic rings. The molecule has 0 aliphatic rings. The van der Waals surface area contributed by atoms with E-state index in [2.05, 4.69) is 15.6 Å². The summed E-state index contributed by atoms with van der Waals surface area (Å²) in [5.41, 5.74) is 9.10. The van der Waals surface area contributed by atoms with Crippen LogP contribution in [0.25, 0.3) is 0 Å². The fraction of sp³-hybridized carbons (Fsp3) is 0.261. The molecule has 0 fully saturated rings. The Bertz CT molecular complexity index is 990. The molecule has 1 heterocycles. The number of aromatic nitrogens is 1. The summed E-state index contributed by atoms with van der Waals surface area (Å²) in [6, 6.07) is 17.4. The summed E-state index contributed by atoms with van der Waals surface area (Å²) in [6.45, 7) is 2.70. The van der Waals surface area contributed by atoms with Crippen molar-refractivity contribution in [3.05, 3.63) is 76.8 Å². The Labute approximate surface area is 185 Å². The van der Waals surface area contributed by atoms with Crippen molar-refractivity contribution < 1.29 is 14.3 Å². The minimum Gasteiger partial charge on any atom is -0.456 e. The van der Waals surface area contributed by atoms with E-state index in [0.717, 1.165) is 29.8 Å². The average Bonchev–Trinajstić information content (AvgIpc) is 3.16. The molecule has 31 heavy (non-hydrogen) atoms. The van der Waals surface area contributed by atoms with Crippen LogP contribution < -0.4 is 16.4 Å². The van der Waals surface area contributed by atoms with Gasteiger partial charge < -0.3 is 21.1 Å². The van der Waals surface area contributed by atoms with E-state index in [4.69, 9.17) is 10.5 Å². The molecule has 0 bridgehead atoms. The smallest absolute Gasteiger partial charge is 0.303 e. The van der Waals surface area contributed by atoms with Crippen molar-refractivity contribution in [3.8, 4) is 0 Å². The first kappa shape index (κ1) is 22.5. The number of thiazole rings is 1. The first-order valence-electron chi connectivity index (χ1n) is 10.0. The number of carbonyl (C=O) groups is 2. The quantitative estimate of drug-likeness (QED) is 0.331. The van der Waals surface area contributed by atoms with Gasteiger partial charge >= 0.3 is 5.97 Å². The number of ether oxygens (including phenoxy) is 1. The Morgan fingerprint density at radius 3 is 2.52 bits per heavy atom. The molecule has 1 aromatic heterocycles. The molecular weight excluding hydrogens is 412 g/mol. The fourth-order valence-corrected chi connectivity index (χ4v) is 3.65. The van der Waals surface area contributed by atoms with Gasteiger partial charge in [-0.1, -0.05) is 42.5 Å². The zero-order valence-corrected chi connectivity index (χ0v) is 18.2. The molecule has 4 N–H and O–H groups in total. The monoisotopic (exact) mass is 438 g/mol. The maximum atomic E-state index is 12.1. The van der Waals surface area contributed by atoms with Gasteiger partial charge in [0, 0.05) is 24.5 Å². The van der Waals surface area contributed by atoms with Gasteiger partial charge in [-0.15, -0.1) is 11.3 Å². The van der Waals surface area contributed by atoms with Gasteiger partial charge in [-0.2, -0.15) is 0 Å². The van der Waals surface area contributed by atoms with Crippen molar-refractivity contribution in [2.75, 3.05) is 24.1 Å². The molecular formula is C23H26N4O3S. The number of hydrogen-bond donors (Lipinski definition) is 3. The Balaban J connectivity index is 1.43. The molecule has 1 amide bonds. The van der Waals surface area contributed by atoms with E-state index in [0.29, 0.717) is 17.4 Å². The number of esters is 1. The van der Waals surface area contributed by atoms with Gasteiger partial charge in [-0.3, -0.25) is 9.59 Å². The molecule has 0 radical (unpaired) electrons. The second-order valence-corrected chi connectivity index (χ2v) is 7.95. The van der Waals surface area contributed by atoms with Crippen molar-refractivity contribution in [1.29, 1.82) is 0 Å². The van der Waals surface area contributed by atoms with Crippen molar-refractivity contribution in [2.45, 2.75) is 25.9 Å². The normalized spacial score (nSPS) is 11.6. The van der Waals surface area contributed by atoms with E-state index in [9.17, 15) is 9.59 Å². The number of nitrogens with zero attached hydrogens (tertiary/aromatic N) is 1. The van der Waals surface area contributed by atoms with E-state index in [1.165, 1.54) is 18.3 Å². The van der Waals surface area contributed by atoms with Crippen LogP contribution in [0.15, 0.2) is 60.0 Å². The van der Waals surface area contributed by atoms with E-state index < -0.39 is 0 Å². The Morgan fingerprint density at radius 2 is 1.87 bits per heavy atom. The highest BCUT2D eigenvalue weighted by Gasteiger charge is 2.14. The van der Waals surface area contributed by atoms with Crippen LogP contribution in [0, 0.1) is 0 Å². The third kappa shape index (κ3) is 7.51. The van der Waals surface area contributed by atoms with Crippen molar-refractivity contribution >= 4 is 34.0 Å². The van der Waals surface area contributed by atoms with Crippen LogP contribution in [0.5, 0.6) is 0 Å². The Kier molecular flexibility index (Phi) is 8.14. The topological polar surface area (TPSA) is 106 Å². The molecule has 1 atom stereocenters. The first-order chi connectivity index (χ1) is 15.0. The van der Waals surface area contributed by atoms with Gasteiger partial charge in [-0.05, 0) is 36.2 Å². The van der Waals surface area contributed by atoms with Crippen LogP contribution >= 0.6 is 11.3 Å². The molecule has 8 heteroatoms. The number of nitrogens with one attached hydrogen (secondary N) is 2. The minimum atomic E-state index is -0.315. The summed E-state index contributed by atoms with van der Waals surface area (Å²) in [4.78, 5) is 27.6. The molecule has 2 aromatic carbocycles. The highest BCUT2D eigenvalue weighted by atomic mass is 32.1. The van der Waals surface area contributed by atoms with E-state index in [1.807, 2.05) is 54.6 Å². The zero-order valence-electron chi connectivity index (χ0n) is 17.3. The van der Waals surface area contributed by atoms with E-state index >= 15 is 0 Å². The summed E-state index contributed by atoms with van der Waals surface area (Å²) in [5.74, 6) is -0.427. The lowest BCUT2D eigenvalue weighted by Gasteiger charge is -2.18. The van der Waals surface area contributed by atoms with Crippen LogP contribution in [0.3, 0.4) is 0 Å². The summed E-state index contributed by atoms with van der Waals surface area (Å²) in [7, 11) is 0. The van der Waals surface area contributed by atoms with Crippen LogP contribution in [0.2, 0.25) is 0 Å². The van der Waals surface area contributed by atoms with Crippen LogP contribution in [-0.4, -0.2) is 29.9 Å². The summed E-state index contributed by atoms with van der Waals surface area (Å²) >= 11 is 1.32. The lowest BCUT2D eigenvalue weighted by molar-refractivity contribution is -0.146. The van der Waals surface area contributed by atoms with Gasteiger partial charge in [-0.25, -0.2) is 4.98 Å². The second-order valence-electron chi connectivity index (χ2n) is 7.06. The molecule has 0 saturated heterocycles. The molecule has 0 spiro atoms. The zero-order chi connectivity index (χ0) is 22.1. The maximum Gasteiger partial charge on any atom is 0.303 e. The number of nitrogen functional groups attached to an aromatic ring is 1. The Morgan fingerprint density at radius 1 is 1.13 bits per heavy atom. The van der Waals surface area contributed by atoms with Crippen molar-refractivity contribution in [1.82, 2.24) is 10.3 Å². The molecule has 3 rings (SSSR count). The third-order valence-electron chi connectivity index (χ3n) is 4.55. The average molecular weight is 439 g/mol. The highest BCUT2D eigenvalue weighted by molar-refractivity contribution is 7.13. The number of nitrogens with two attached hydrogens (primary N) is 1. The number of rotatable bonds is 10. The lowest BCUT2D eigenvalue weighted by Crippen LogP contribution is -2.26. The van der Waals surface area contributed by atoms with Gasteiger partial charge in [0.1, 0.15) is 6.10 Å². The van der Waals surface area contributed by atoms with Gasteiger partial charge in [0.05, 0.1) is 12.1 Å². The largest absolute Gasteiger partial charge is 0.456 e. The lowest BCUT2D eigenvalue weighted by atomic mass is 10.1. The standard InChI is InChI=1S/C23H26N4O3S/c1-16(28)30-21(18-5-3-2-4-6-18)14-25-12-11-17-7-9-19(10-8-17)26-22(29)13-20-15-31-23(24)27-20/h2-10,15,21,25H,11-14H2,1H3,(H2,24,27)(H,26,29)/t21-/m0/s1. The maximum absolute atomic E-state index is 12.1. The van der Waals surface area contributed by atoms with Crippen LogP contribution in [0.1, 0.15) is 29.8 Å². The Hall–Kier alpha value is -3.23. The van der Waals surface area contributed by atoms with Crippen molar-refractivity contribution in [3.63, 3.8) is 0 Å².